The number of ether oxygens (including phenoxy) is 2. The van der Waals surface area contributed by atoms with E-state index in [4.69, 9.17) is 9.47 Å². The number of rotatable bonds is 7. The molecule has 0 aliphatic rings. The predicted molar refractivity (Wildman–Crippen MR) is 76.5 cm³/mol. The van der Waals surface area contributed by atoms with Crippen molar-refractivity contribution >= 4 is 18.3 Å². The van der Waals surface area contributed by atoms with E-state index < -0.39 is 17.6 Å². The zero-order chi connectivity index (χ0) is 15.6. The van der Waals surface area contributed by atoms with Gasteiger partial charge in [-0.2, -0.15) is 5.10 Å². The maximum absolute atomic E-state index is 11.7. The van der Waals surface area contributed by atoms with Crippen molar-refractivity contribution in [3.63, 3.8) is 0 Å². The summed E-state index contributed by atoms with van der Waals surface area (Å²) in [5, 5.41) is 6.37. The number of carbonyl (C=O) groups is 2. The van der Waals surface area contributed by atoms with Crippen molar-refractivity contribution in [2.75, 3.05) is 19.7 Å². The van der Waals surface area contributed by atoms with E-state index >= 15 is 0 Å². The Morgan fingerprint density at radius 3 is 2.45 bits per heavy atom. The van der Waals surface area contributed by atoms with Crippen LogP contribution in [-0.2, 0) is 14.3 Å². The summed E-state index contributed by atoms with van der Waals surface area (Å²) in [6, 6.07) is 0. The fourth-order valence-electron chi connectivity index (χ4n) is 1.27. The molecular weight excluding hydrogens is 262 g/mol. The molecule has 0 spiro atoms. The molecule has 0 aromatic rings. The predicted octanol–water partition coefficient (Wildman–Crippen LogP) is 1.29. The molecule has 0 heterocycles. The second-order valence-electron chi connectivity index (χ2n) is 5.08. The Balaban J connectivity index is 4.34. The van der Waals surface area contributed by atoms with Crippen LogP contribution in [0.4, 0.5) is 4.79 Å². The van der Waals surface area contributed by atoms with Crippen molar-refractivity contribution in [3.05, 3.63) is 0 Å². The quantitative estimate of drug-likeness (QED) is 0.418. The zero-order valence-electron chi connectivity index (χ0n) is 12.9. The van der Waals surface area contributed by atoms with Gasteiger partial charge in [0.2, 0.25) is 0 Å². The van der Waals surface area contributed by atoms with Crippen LogP contribution in [0.5, 0.6) is 0 Å². The van der Waals surface area contributed by atoms with Gasteiger partial charge in [-0.05, 0) is 34.6 Å². The molecule has 7 heteroatoms. The summed E-state index contributed by atoms with van der Waals surface area (Å²) < 4.78 is 10.0. The van der Waals surface area contributed by atoms with Crippen LogP contribution in [-0.4, -0.2) is 43.6 Å². The summed E-state index contributed by atoms with van der Waals surface area (Å²) >= 11 is 0. The van der Waals surface area contributed by atoms with Gasteiger partial charge in [0.05, 0.1) is 12.5 Å². The highest BCUT2D eigenvalue weighted by atomic mass is 16.6. The highest BCUT2D eigenvalue weighted by Crippen LogP contribution is 2.07. The molecule has 0 aliphatic heterocycles. The molecule has 20 heavy (non-hydrogen) atoms. The maximum Gasteiger partial charge on any atom is 0.407 e. The minimum Gasteiger partial charge on any atom is -0.466 e. The van der Waals surface area contributed by atoms with Gasteiger partial charge in [-0.3, -0.25) is 4.79 Å². The van der Waals surface area contributed by atoms with E-state index in [-0.39, 0.29) is 19.1 Å². The summed E-state index contributed by atoms with van der Waals surface area (Å²) in [6.45, 7) is 9.49. The molecule has 1 unspecified atom stereocenters. The highest BCUT2D eigenvalue weighted by molar-refractivity contribution is 5.74. The topological polar surface area (TPSA) is 89.0 Å². The summed E-state index contributed by atoms with van der Waals surface area (Å²) in [5.41, 5.74) is 2.15. The fraction of sp³-hybridized carbons (Fsp3) is 0.769. The summed E-state index contributed by atoms with van der Waals surface area (Å²) in [7, 11) is 0. The largest absolute Gasteiger partial charge is 0.466 e. The molecule has 7 nitrogen and oxygen atoms in total. The third kappa shape index (κ3) is 9.18. The second-order valence-corrected chi connectivity index (χ2v) is 5.08. The normalized spacial score (nSPS) is 12.8. The Kier molecular flexibility index (Phi) is 8.35. The minimum atomic E-state index is -0.575. The van der Waals surface area contributed by atoms with Crippen LogP contribution >= 0.6 is 0 Å². The summed E-state index contributed by atoms with van der Waals surface area (Å²) in [5.74, 6) is -0.909. The van der Waals surface area contributed by atoms with E-state index in [0.717, 1.165) is 0 Å². The van der Waals surface area contributed by atoms with Gasteiger partial charge >= 0.3 is 12.1 Å². The Hall–Kier alpha value is -1.79. The first-order valence-corrected chi connectivity index (χ1v) is 6.64. The number of amides is 1. The molecule has 1 amide bonds. The van der Waals surface area contributed by atoms with Gasteiger partial charge in [0, 0.05) is 19.3 Å². The molecular formula is C13H25N3O4. The van der Waals surface area contributed by atoms with Gasteiger partial charge in [0.25, 0.3) is 0 Å². The lowest BCUT2D eigenvalue weighted by Gasteiger charge is -2.21. The van der Waals surface area contributed by atoms with E-state index in [1.54, 1.807) is 40.8 Å². The van der Waals surface area contributed by atoms with Crippen LogP contribution in [0, 0.1) is 5.92 Å². The van der Waals surface area contributed by atoms with Gasteiger partial charge in [-0.25, -0.2) is 4.79 Å². The van der Waals surface area contributed by atoms with E-state index in [2.05, 4.69) is 15.8 Å². The fourth-order valence-corrected chi connectivity index (χ4v) is 1.27. The SMILES string of the molecule is C/C=N\NCC(CNC(=O)OC(C)(C)C)C(=O)OCC. The van der Waals surface area contributed by atoms with Crippen LogP contribution in [0.25, 0.3) is 0 Å². The third-order valence-electron chi connectivity index (χ3n) is 2.07. The number of alkyl carbamates (subject to hydrolysis) is 1. The van der Waals surface area contributed by atoms with Crippen molar-refractivity contribution in [3.8, 4) is 0 Å². The van der Waals surface area contributed by atoms with Crippen LogP contribution in [0.2, 0.25) is 0 Å². The molecule has 0 saturated carbocycles. The first-order chi connectivity index (χ1) is 9.30. The Morgan fingerprint density at radius 1 is 1.30 bits per heavy atom. The number of hydrogen-bond acceptors (Lipinski definition) is 6. The van der Waals surface area contributed by atoms with E-state index in [1.165, 1.54) is 0 Å². The molecule has 0 aliphatic carbocycles. The molecule has 2 N–H and O–H groups in total. The van der Waals surface area contributed by atoms with Crippen molar-refractivity contribution in [2.24, 2.45) is 11.0 Å². The van der Waals surface area contributed by atoms with E-state index in [0.29, 0.717) is 6.61 Å². The van der Waals surface area contributed by atoms with Crippen LogP contribution in [0.3, 0.4) is 0 Å². The molecule has 116 valence electrons. The van der Waals surface area contributed by atoms with Gasteiger partial charge in [-0.15, -0.1) is 0 Å². The average Bonchev–Trinajstić information content (AvgIpc) is 2.31. The number of esters is 1. The zero-order valence-corrected chi connectivity index (χ0v) is 12.9. The van der Waals surface area contributed by atoms with E-state index in [1.807, 2.05) is 0 Å². The van der Waals surface area contributed by atoms with Gasteiger partial charge in [0.1, 0.15) is 5.60 Å². The first-order valence-electron chi connectivity index (χ1n) is 6.64. The van der Waals surface area contributed by atoms with E-state index in [9.17, 15) is 9.59 Å². The molecule has 0 rings (SSSR count). The first kappa shape index (κ1) is 18.2. The summed E-state index contributed by atoms with van der Waals surface area (Å²) in [6.07, 6.45) is 1.01. The minimum absolute atomic E-state index is 0.125. The Bertz CT molecular complexity index is 337. The number of nitrogens with one attached hydrogen (secondary N) is 2. The molecule has 0 fully saturated rings. The van der Waals surface area contributed by atoms with Crippen molar-refractivity contribution in [1.82, 2.24) is 10.7 Å². The van der Waals surface area contributed by atoms with Gasteiger partial charge in [-0.1, -0.05) is 0 Å². The summed E-state index contributed by atoms with van der Waals surface area (Å²) in [4.78, 5) is 23.3. The van der Waals surface area contributed by atoms with Crippen LogP contribution in [0.1, 0.15) is 34.6 Å². The van der Waals surface area contributed by atoms with Crippen LogP contribution < -0.4 is 10.7 Å². The Labute approximate surface area is 120 Å². The molecule has 0 aromatic carbocycles. The van der Waals surface area contributed by atoms with Crippen LogP contribution in [0.15, 0.2) is 5.10 Å². The lowest BCUT2D eigenvalue weighted by Crippen LogP contribution is -2.40. The Morgan fingerprint density at radius 2 is 1.95 bits per heavy atom. The molecule has 0 bridgehead atoms. The number of carbonyl (C=O) groups excluding carboxylic acids is 2. The number of nitrogens with zero attached hydrogens (tertiary/aromatic N) is 1. The number of hydrazone groups is 1. The van der Waals surface area contributed by atoms with Crippen molar-refractivity contribution < 1.29 is 19.1 Å². The smallest absolute Gasteiger partial charge is 0.407 e. The van der Waals surface area contributed by atoms with Crippen molar-refractivity contribution in [1.29, 1.82) is 0 Å². The monoisotopic (exact) mass is 287 g/mol. The van der Waals surface area contributed by atoms with Gasteiger partial charge in [0.15, 0.2) is 0 Å². The van der Waals surface area contributed by atoms with Crippen molar-refractivity contribution in [2.45, 2.75) is 40.2 Å². The lowest BCUT2D eigenvalue weighted by molar-refractivity contribution is -0.147. The molecule has 0 aromatic heterocycles. The van der Waals surface area contributed by atoms with Gasteiger partial charge < -0.3 is 20.2 Å². The standard InChI is InChI=1S/C13H25N3O4/c1-6-15-16-9-10(11(17)19-7-2)8-14-12(18)20-13(3,4)5/h6,10,16H,7-9H2,1-5H3,(H,14,18)/b15-6-. The molecule has 0 saturated heterocycles. The third-order valence-corrected chi connectivity index (χ3v) is 2.07. The second kappa shape index (κ2) is 9.17. The average molecular weight is 287 g/mol. The highest BCUT2D eigenvalue weighted by Gasteiger charge is 2.22. The number of hydrogen-bond donors (Lipinski definition) is 2. The lowest BCUT2D eigenvalue weighted by atomic mass is 10.1. The maximum atomic E-state index is 11.7. The molecule has 1 atom stereocenters. The molecule has 0 radical (unpaired) electrons.